The fourth-order valence-corrected chi connectivity index (χ4v) is 8.37. The Hall–Kier alpha value is -6.58. The lowest BCUT2D eigenvalue weighted by molar-refractivity contribution is 0.546. The molecule has 7 aromatic carbocycles. The van der Waals surface area contributed by atoms with E-state index in [0.717, 1.165) is 29.9 Å². The number of hydrogen-bond donors (Lipinski definition) is 0. The van der Waals surface area contributed by atoms with Gasteiger partial charge in [0.2, 0.25) is 0 Å². The van der Waals surface area contributed by atoms with E-state index in [1.165, 1.54) is 82.5 Å². The highest BCUT2D eigenvalue weighted by atomic mass is 16.3. The summed E-state index contributed by atoms with van der Waals surface area (Å²) >= 11 is 0. The number of fused-ring (bicyclic) bond motifs is 9. The highest BCUT2D eigenvalue weighted by Crippen LogP contribution is 2.39. The Morgan fingerprint density at radius 1 is 0.412 bits per heavy atom. The molecule has 0 radical (unpaired) electrons. The fraction of sp³-hybridized carbons (Fsp3) is 0.0417. The molecule has 0 N–H and O–H groups in total. The number of nitrogens with zero attached hydrogens (tertiary/aromatic N) is 2. The van der Waals surface area contributed by atoms with Crippen LogP contribution in [0.3, 0.4) is 0 Å². The Kier molecular flexibility index (Phi) is 6.08. The van der Waals surface area contributed by atoms with Gasteiger partial charge in [-0.25, -0.2) is 0 Å². The van der Waals surface area contributed by atoms with Gasteiger partial charge in [0.25, 0.3) is 0 Å². The summed E-state index contributed by atoms with van der Waals surface area (Å²) in [5.41, 5.74) is 14.1. The van der Waals surface area contributed by atoms with Crippen LogP contribution in [0.4, 0.5) is 0 Å². The molecule has 0 fully saturated rings. The molecule has 0 atom stereocenters. The molecule has 0 bridgehead atoms. The zero-order valence-electron chi connectivity index (χ0n) is 27.9. The maximum atomic E-state index is 6.28. The second kappa shape index (κ2) is 11.0. The first-order chi connectivity index (χ1) is 25.3. The molecule has 1 aliphatic rings. The van der Waals surface area contributed by atoms with Crippen molar-refractivity contribution in [2.45, 2.75) is 12.8 Å². The highest BCUT2D eigenvalue weighted by Gasteiger charge is 2.17. The lowest BCUT2D eigenvalue weighted by Gasteiger charge is -2.10. The van der Waals surface area contributed by atoms with Crippen LogP contribution in [-0.4, -0.2) is 9.13 Å². The minimum absolute atomic E-state index is 0.965. The van der Waals surface area contributed by atoms with E-state index in [-0.39, 0.29) is 0 Å². The molecule has 0 saturated carbocycles. The lowest BCUT2D eigenvalue weighted by Crippen LogP contribution is -1.94. The molecule has 3 heterocycles. The molecule has 3 nitrogen and oxygen atoms in total. The maximum absolute atomic E-state index is 6.28. The minimum Gasteiger partial charge on any atom is -0.460 e. The molecule has 1 aliphatic carbocycles. The quantitative estimate of drug-likeness (QED) is 0.186. The van der Waals surface area contributed by atoms with Gasteiger partial charge < -0.3 is 13.6 Å². The third-order valence-corrected chi connectivity index (χ3v) is 10.8. The van der Waals surface area contributed by atoms with Gasteiger partial charge in [-0.1, -0.05) is 97.1 Å². The molecular formula is C48H32N2O. The summed E-state index contributed by atoms with van der Waals surface area (Å²) in [5, 5.41) is 6.23. The van der Waals surface area contributed by atoms with Gasteiger partial charge in [0.15, 0.2) is 0 Å². The molecule has 0 amide bonds. The van der Waals surface area contributed by atoms with Crippen LogP contribution in [0.15, 0.2) is 168 Å². The van der Waals surface area contributed by atoms with Crippen LogP contribution in [0.2, 0.25) is 0 Å². The Morgan fingerprint density at radius 3 is 1.61 bits per heavy atom. The van der Waals surface area contributed by atoms with E-state index in [9.17, 15) is 0 Å². The van der Waals surface area contributed by atoms with Gasteiger partial charge in [0, 0.05) is 50.3 Å². The standard InChI is InChI=1S/C48H32N2O/c1-2-10-35(11-3-1)49-43-15-7-4-12-37(43)41-28-32(21-26-45(41)49)33-22-27-46-42(29-33)38-13-5-8-16-44(38)50(46)36-23-18-31(19-24-36)34-20-25-40-39-14-6-9-17-47(39)51-48(40)30-34/h1-8,10-16,18-30H,9,17H2. The predicted octanol–water partition coefficient (Wildman–Crippen LogP) is 12.9. The van der Waals surface area contributed by atoms with Gasteiger partial charge in [0.1, 0.15) is 11.3 Å². The third-order valence-electron chi connectivity index (χ3n) is 10.8. The Morgan fingerprint density at radius 2 is 0.941 bits per heavy atom. The normalized spacial score (nSPS) is 12.9. The van der Waals surface area contributed by atoms with Crippen LogP contribution in [0.5, 0.6) is 0 Å². The van der Waals surface area contributed by atoms with Crippen molar-refractivity contribution < 1.29 is 4.42 Å². The average molecular weight is 653 g/mol. The van der Waals surface area contributed by atoms with E-state index in [0.29, 0.717) is 0 Å². The van der Waals surface area contributed by atoms with Gasteiger partial charge >= 0.3 is 0 Å². The topological polar surface area (TPSA) is 23.0 Å². The fourth-order valence-electron chi connectivity index (χ4n) is 8.37. The molecule has 3 aromatic heterocycles. The number of hydrogen-bond acceptors (Lipinski definition) is 1. The molecule has 0 unspecified atom stereocenters. The molecule has 11 rings (SSSR count). The zero-order chi connectivity index (χ0) is 33.5. The van der Waals surface area contributed by atoms with E-state index in [4.69, 9.17) is 4.42 Å². The largest absolute Gasteiger partial charge is 0.460 e. The predicted molar refractivity (Wildman–Crippen MR) is 213 cm³/mol. The number of benzene rings is 7. The summed E-state index contributed by atoms with van der Waals surface area (Å²) in [6.45, 7) is 0. The van der Waals surface area contributed by atoms with Crippen LogP contribution < -0.4 is 0 Å². The van der Waals surface area contributed by atoms with Crippen molar-refractivity contribution in [3.63, 3.8) is 0 Å². The van der Waals surface area contributed by atoms with Crippen molar-refractivity contribution >= 4 is 60.7 Å². The Balaban J connectivity index is 1.01. The number of allylic oxidation sites excluding steroid dienone is 1. The summed E-state index contributed by atoms with van der Waals surface area (Å²) in [4.78, 5) is 0. The Bertz CT molecular complexity index is 3010. The number of aryl methyl sites for hydroxylation is 1. The molecule has 0 saturated heterocycles. The van der Waals surface area contributed by atoms with Crippen LogP contribution in [-0.2, 0) is 6.42 Å². The number of para-hydroxylation sites is 3. The van der Waals surface area contributed by atoms with E-state index in [1.54, 1.807) is 0 Å². The summed E-state index contributed by atoms with van der Waals surface area (Å²) in [6.07, 6.45) is 6.46. The number of furan rings is 1. The van der Waals surface area contributed by atoms with Crippen molar-refractivity contribution in [3.8, 4) is 33.6 Å². The molecular weight excluding hydrogens is 621 g/mol. The lowest BCUT2D eigenvalue weighted by atomic mass is 10.00. The van der Waals surface area contributed by atoms with Gasteiger partial charge in [0.05, 0.1) is 22.1 Å². The smallest absolute Gasteiger partial charge is 0.135 e. The summed E-state index contributed by atoms with van der Waals surface area (Å²) in [6, 6.07) is 57.5. The third kappa shape index (κ3) is 4.31. The van der Waals surface area contributed by atoms with Crippen molar-refractivity contribution in [2.24, 2.45) is 0 Å². The van der Waals surface area contributed by atoms with Gasteiger partial charge in [-0.05, 0) is 101 Å². The number of aromatic nitrogens is 2. The maximum Gasteiger partial charge on any atom is 0.135 e. The molecule has 10 aromatic rings. The molecule has 0 aliphatic heterocycles. The molecule has 0 spiro atoms. The first-order valence-electron chi connectivity index (χ1n) is 17.7. The average Bonchev–Trinajstić information content (AvgIpc) is 3.85. The van der Waals surface area contributed by atoms with Crippen LogP contribution >= 0.6 is 0 Å². The first kappa shape index (κ1) is 28.3. The monoisotopic (exact) mass is 652 g/mol. The summed E-state index contributed by atoms with van der Waals surface area (Å²) < 4.78 is 11.0. The van der Waals surface area contributed by atoms with Crippen LogP contribution in [0, 0.1) is 0 Å². The Labute approximate surface area is 294 Å². The van der Waals surface area contributed by atoms with Crippen molar-refractivity contribution in [1.29, 1.82) is 0 Å². The molecule has 3 heteroatoms. The summed E-state index contributed by atoms with van der Waals surface area (Å²) in [5.74, 6) is 1.10. The second-order valence-electron chi connectivity index (χ2n) is 13.6. The molecule has 240 valence electrons. The van der Waals surface area contributed by atoms with E-state index < -0.39 is 0 Å². The first-order valence-corrected chi connectivity index (χ1v) is 17.7. The van der Waals surface area contributed by atoms with E-state index >= 15 is 0 Å². The van der Waals surface area contributed by atoms with E-state index in [2.05, 4.69) is 179 Å². The van der Waals surface area contributed by atoms with Crippen molar-refractivity contribution in [1.82, 2.24) is 9.13 Å². The van der Waals surface area contributed by atoms with Crippen molar-refractivity contribution in [3.05, 3.63) is 175 Å². The SMILES string of the molecule is C1=Cc2c(oc3cc(-c4ccc(-n5c6ccccc6c6cc(-c7ccc8c(c7)c7ccccc7n8-c7ccccc7)ccc65)cc4)ccc23)CC1. The minimum atomic E-state index is 0.965. The molecule has 51 heavy (non-hydrogen) atoms. The second-order valence-corrected chi connectivity index (χ2v) is 13.6. The zero-order valence-corrected chi connectivity index (χ0v) is 27.9. The van der Waals surface area contributed by atoms with Crippen LogP contribution in [0.1, 0.15) is 17.7 Å². The number of rotatable bonds is 4. The van der Waals surface area contributed by atoms with Crippen molar-refractivity contribution in [2.75, 3.05) is 0 Å². The van der Waals surface area contributed by atoms with Gasteiger partial charge in [-0.15, -0.1) is 0 Å². The van der Waals surface area contributed by atoms with Gasteiger partial charge in [-0.2, -0.15) is 0 Å². The van der Waals surface area contributed by atoms with Crippen LogP contribution in [0.25, 0.3) is 94.3 Å². The highest BCUT2D eigenvalue weighted by molar-refractivity contribution is 6.12. The summed E-state index contributed by atoms with van der Waals surface area (Å²) in [7, 11) is 0. The van der Waals surface area contributed by atoms with Gasteiger partial charge in [-0.3, -0.25) is 0 Å². The van der Waals surface area contributed by atoms with E-state index in [1.807, 2.05) is 0 Å².